The van der Waals surface area contributed by atoms with E-state index >= 15 is 4.79 Å². The molecule has 0 saturated heterocycles. The predicted molar refractivity (Wildman–Crippen MR) is 155 cm³/mol. The van der Waals surface area contributed by atoms with Crippen LogP contribution in [-0.2, 0) is 15.6 Å². The Morgan fingerprint density at radius 1 is 0.474 bits per heavy atom. The topological polar surface area (TPSA) is 17.1 Å². The van der Waals surface area contributed by atoms with Crippen LogP contribution >= 0.6 is 0 Å². The molecule has 2 aliphatic rings. The molecule has 2 bridgehead atoms. The number of allylic oxidation sites excluding steroid dienone is 2. The highest BCUT2D eigenvalue weighted by Gasteiger charge is 2.72. The maximum atomic E-state index is 15.5. The molecule has 1 saturated carbocycles. The smallest absolute Gasteiger partial charge is 0.163 e. The van der Waals surface area contributed by atoms with Gasteiger partial charge in [0.1, 0.15) is 0 Å². The molecular formula is C37H28O. The Bertz CT molecular complexity index is 1620. The van der Waals surface area contributed by atoms with Crippen LogP contribution in [0.2, 0.25) is 0 Å². The molecule has 38 heavy (non-hydrogen) atoms. The summed E-state index contributed by atoms with van der Waals surface area (Å²) in [5.74, 6) is 0.287. The fraction of sp³-hybridized carbons (Fsp3) is 0.108. The molecule has 1 fully saturated rings. The van der Waals surface area contributed by atoms with Crippen molar-refractivity contribution in [3.8, 4) is 0 Å². The molecule has 0 spiro atoms. The zero-order valence-electron chi connectivity index (χ0n) is 21.1. The van der Waals surface area contributed by atoms with E-state index in [2.05, 4.69) is 140 Å². The van der Waals surface area contributed by atoms with Gasteiger partial charge in [-0.2, -0.15) is 0 Å². The van der Waals surface area contributed by atoms with Gasteiger partial charge in [-0.1, -0.05) is 152 Å². The average molecular weight is 489 g/mol. The molecule has 2 aliphatic carbocycles. The molecule has 5 aromatic carbocycles. The maximum Gasteiger partial charge on any atom is 0.163 e. The average Bonchev–Trinajstić information content (AvgIpc) is 3.41. The molecule has 5 aromatic rings. The Hall–Kier alpha value is -4.49. The summed E-state index contributed by atoms with van der Waals surface area (Å²) in [6.45, 7) is 0. The minimum Gasteiger partial charge on any atom is -0.297 e. The van der Waals surface area contributed by atoms with Crippen molar-refractivity contribution in [2.45, 2.75) is 23.2 Å². The van der Waals surface area contributed by atoms with Crippen molar-refractivity contribution in [2.75, 3.05) is 0 Å². The van der Waals surface area contributed by atoms with Gasteiger partial charge >= 0.3 is 0 Å². The third-order valence-electron chi connectivity index (χ3n) is 8.67. The number of rotatable bonds is 5. The van der Waals surface area contributed by atoms with Crippen LogP contribution in [-0.4, -0.2) is 5.78 Å². The van der Waals surface area contributed by atoms with Crippen LogP contribution in [0.3, 0.4) is 0 Å². The van der Waals surface area contributed by atoms with E-state index in [9.17, 15) is 0 Å². The van der Waals surface area contributed by atoms with E-state index < -0.39 is 10.8 Å². The van der Waals surface area contributed by atoms with E-state index in [-0.39, 0.29) is 11.7 Å². The number of hydrogen-bond donors (Lipinski definition) is 0. The van der Waals surface area contributed by atoms with Crippen molar-refractivity contribution in [3.05, 3.63) is 179 Å². The Balaban J connectivity index is 1.68. The van der Waals surface area contributed by atoms with Crippen molar-refractivity contribution in [1.29, 1.82) is 0 Å². The molecule has 7 rings (SSSR count). The number of ketones is 1. The van der Waals surface area contributed by atoms with Crippen molar-refractivity contribution < 1.29 is 4.79 Å². The lowest BCUT2D eigenvalue weighted by Gasteiger charge is -2.39. The third kappa shape index (κ3) is 3.02. The van der Waals surface area contributed by atoms with E-state index in [1.54, 1.807) is 0 Å². The number of carbonyl (C=O) groups excluding carboxylic acids is 1. The Kier molecular flexibility index (Phi) is 5.26. The van der Waals surface area contributed by atoms with E-state index in [0.717, 1.165) is 39.8 Å². The summed E-state index contributed by atoms with van der Waals surface area (Å²) >= 11 is 0. The second kappa shape index (κ2) is 8.82. The fourth-order valence-corrected chi connectivity index (χ4v) is 7.28. The van der Waals surface area contributed by atoms with Gasteiger partial charge in [0.2, 0.25) is 0 Å². The van der Waals surface area contributed by atoms with Gasteiger partial charge < -0.3 is 0 Å². The SMILES string of the molecule is O=C1[C@@]2(c3ccccc3)C[C@@H](c3ccccc3)[C@@]1(c1ccccc1)C(c1ccccc1)=C2c1ccccc1. The lowest BCUT2D eigenvalue weighted by Crippen LogP contribution is -2.38. The molecule has 0 aliphatic heterocycles. The highest BCUT2D eigenvalue weighted by molar-refractivity contribution is 6.29. The minimum atomic E-state index is -0.815. The molecule has 0 aromatic heterocycles. The first-order valence-corrected chi connectivity index (χ1v) is 13.3. The van der Waals surface area contributed by atoms with E-state index in [1.165, 1.54) is 5.56 Å². The van der Waals surface area contributed by atoms with Gasteiger partial charge in [0.15, 0.2) is 5.78 Å². The summed E-state index contributed by atoms with van der Waals surface area (Å²) in [5, 5.41) is 0. The van der Waals surface area contributed by atoms with Crippen LogP contribution < -0.4 is 0 Å². The normalized spacial score (nSPS) is 24.1. The molecule has 1 heteroatoms. The standard InChI is InChI=1S/C37H28O/c38-35-36(30-22-12-4-13-23-30)26-32(27-16-6-1-7-17-27)37(35,31-24-14-5-15-25-31)34(29-20-10-3-11-21-29)33(36)28-18-8-2-9-19-28/h1-25,32H,26H2/t32-,36+,37-/m0/s1. The van der Waals surface area contributed by atoms with E-state index in [0.29, 0.717) is 0 Å². The molecule has 0 unspecified atom stereocenters. The largest absolute Gasteiger partial charge is 0.297 e. The molecule has 0 amide bonds. The molecule has 0 heterocycles. The molecule has 182 valence electrons. The number of benzene rings is 5. The summed E-state index contributed by atoms with van der Waals surface area (Å²) in [6.07, 6.45) is 0.731. The first-order valence-electron chi connectivity index (χ1n) is 13.3. The quantitative estimate of drug-likeness (QED) is 0.243. The minimum absolute atomic E-state index is 0.00137. The number of hydrogen-bond acceptors (Lipinski definition) is 1. The van der Waals surface area contributed by atoms with Crippen molar-refractivity contribution in [3.63, 3.8) is 0 Å². The van der Waals surface area contributed by atoms with Crippen molar-refractivity contribution in [1.82, 2.24) is 0 Å². The Morgan fingerprint density at radius 3 is 1.42 bits per heavy atom. The van der Waals surface area contributed by atoms with E-state index in [4.69, 9.17) is 0 Å². The molecule has 0 radical (unpaired) electrons. The highest BCUT2D eigenvalue weighted by atomic mass is 16.1. The van der Waals surface area contributed by atoms with Crippen LogP contribution in [0.15, 0.2) is 152 Å². The number of Topliss-reactive ketones (excluding diaryl/α,β-unsaturated/α-hetero) is 1. The second-order valence-corrected chi connectivity index (χ2v) is 10.4. The zero-order chi connectivity index (χ0) is 25.6. The molecule has 3 atom stereocenters. The van der Waals surface area contributed by atoms with Crippen LogP contribution in [0.4, 0.5) is 0 Å². The molecular weight excluding hydrogens is 460 g/mol. The number of fused-ring (bicyclic) bond motifs is 2. The summed E-state index contributed by atoms with van der Waals surface area (Å²) < 4.78 is 0. The van der Waals surface area contributed by atoms with Gasteiger partial charge in [0, 0.05) is 5.92 Å². The van der Waals surface area contributed by atoms with Gasteiger partial charge in [0.25, 0.3) is 0 Å². The van der Waals surface area contributed by atoms with Gasteiger partial charge in [-0.15, -0.1) is 0 Å². The summed E-state index contributed by atoms with van der Waals surface area (Å²) in [7, 11) is 0. The van der Waals surface area contributed by atoms with Crippen LogP contribution in [0.5, 0.6) is 0 Å². The third-order valence-corrected chi connectivity index (χ3v) is 8.67. The summed E-state index contributed by atoms with van der Waals surface area (Å²) in [5.41, 5.74) is 6.31. The molecule has 1 nitrogen and oxygen atoms in total. The van der Waals surface area contributed by atoms with Crippen molar-refractivity contribution >= 4 is 16.9 Å². The Labute approximate surface area is 224 Å². The van der Waals surface area contributed by atoms with Gasteiger partial charge in [-0.05, 0) is 45.4 Å². The second-order valence-electron chi connectivity index (χ2n) is 10.4. The van der Waals surface area contributed by atoms with Gasteiger partial charge in [-0.3, -0.25) is 4.79 Å². The van der Waals surface area contributed by atoms with Crippen LogP contribution in [0.25, 0.3) is 11.1 Å². The molecule has 0 N–H and O–H groups in total. The van der Waals surface area contributed by atoms with Crippen LogP contribution in [0.1, 0.15) is 40.2 Å². The fourth-order valence-electron chi connectivity index (χ4n) is 7.28. The van der Waals surface area contributed by atoms with Crippen molar-refractivity contribution in [2.24, 2.45) is 0 Å². The maximum absolute atomic E-state index is 15.5. The van der Waals surface area contributed by atoms with Gasteiger partial charge in [-0.25, -0.2) is 0 Å². The summed E-state index contributed by atoms with van der Waals surface area (Å²) in [4.78, 5) is 15.5. The lowest BCUT2D eigenvalue weighted by atomic mass is 9.61. The first-order chi connectivity index (χ1) is 18.8. The zero-order valence-corrected chi connectivity index (χ0v) is 21.1. The lowest BCUT2D eigenvalue weighted by molar-refractivity contribution is -0.123. The Morgan fingerprint density at radius 2 is 0.895 bits per heavy atom. The predicted octanol–water partition coefficient (Wildman–Crippen LogP) is 8.24. The van der Waals surface area contributed by atoms with Gasteiger partial charge in [0.05, 0.1) is 10.8 Å². The highest BCUT2D eigenvalue weighted by Crippen LogP contribution is 2.72. The monoisotopic (exact) mass is 488 g/mol. The first kappa shape index (κ1) is 22.7. The van der Waals surface area contributed by atoms with Crippen LogP contribution in [0, 0.1) is 0 Å². The summed E-state index contributed by atoms with van der Waals surface area (Å²) in [6, 6.07) is 52.8. The number of carbonyl (C=O) groups is 1. The van der Waals surface area contributed by atoms with E-state index in [1.807, 2.05) is 12.1 Å².